The number of ether oxygens (including phenoxy) is 1. The molecule has 1 aliphatic heterocycles. The fraction of sp³-hybridized carbons (Fsp3) is 0.636. The maximum atomic E-state index is 13.6. The highest BCUT2D eigenvalue weighted by Crippen LogP contribution is 2.38. The Morgan fingerprint density at radius 3 is 2.42 bits per heavy atom. The first kappa shape index (κ1) is 22.2. The molecule has 2 aliphatic rings. The Bertz CT molecular complexity index is 1110. The molecule has 0 radical (unpaired) electrons. The quantitative estimate of drug-likeness (QED) is 0.650. The van der Waals surface area contributed by atoms with Gasteiger partial charge in [-0.25, -0.2) is 17.9 Å². The van der Waals surface area contributed by atoms with Crippen LogP contribution in [0, 0.1) is 20.8 Å². The molecule has 0 amide bonds. The first-order chi connectivity index (χ1) is 14.7. The van der Waals surface area contributed by atoms with Crippen LogP contribution in [0.15, 0.2) is 21.8 Å². The second kappa shape index (κ2) is 8.52. The first-order valence-electron chi connectivity index (χ1n) is 11.0. The number of hydrogen-bond donors (Lipinski definition) is 0. The maximum Gasteiger partial charge on any atom is 0.346 e. The molecule has 1 unspecified atom stereocenters. The Morgan fingerprint density at radius 2 is 1.81 bits per heavy atom. The Balaban J connectivity index is 1.66. The number of benzene rings is 1. The Hall–Kier alpha value is -1.97. The van der Waals surface area contributed by atoms with E-state index >= 15 is 0 Å². The Morgan fingerprint density at radius 1 is 1.13 bits per heavy atom. The number of methoxy groups -OCH3 is 1. The van der Waals surface area contributed by atoms with Crippen molar-refractivity contribution in [3.63, 3.8) is 0 Å². The minimum atomic E-state index is -3.62. The van der Waals surface area contributed by atoms with Gasteiger partial charge in [0.05, 0.1) is 18.0 Å². The molecule has 1 aliphatic carbocycles. The van der Waals surface area contributed by atoms with Gasteiger partial charge in [-0.1, -0.05) is 17.7 Å². The van der Waals surface area contributed by atoms with Crippen LogP contribution < -0.4 is 5.69 Å². The molecule has 31 heavy (non-hydrogen) atoms. The van der Waals surface area contributed by atoms with Gasteiger partial charge in [-0.05, 0) is 57.6 Å². The summed E-state index contributed by atoms with van der Waals surface area (Å²) in [5.74, 6) is 0.632. The second-order valence-corrected chi connectivity index (χ2v) is 10.8. The van der Waals surface area contributed by atoms with Crippen molar-refractivity contribution >= 4 is 10.0 Å². The van der Waals surface area contributed by atoms with Crippen molar-refractivity contribution < 1.29 is 13.2 Å². The summed E-state index contributed by atoms with van der Waals surface area (Å²) in [7, 11) is -2.02. The molecule has 0 N–H and O–H groups in total. The van der Waals surface area contributed by atoms with Crippen LogP contribution in [0.2, 0.25) is 0 Å². The number of nitrogens with zero attached hydrogens (tertiary/aromatic N) is 4. The monoisotopic (exact) mass is 448 g/mol. The van der Waals surface area contributed by atoms with E-state index in [4.69, 9.17) is 4.74 Å². The molecule has 170 valence electrons. The van der Waals surface area contributed by atoms with E-state index in [-0.39, 0.29) is 17.6 Å². The SMILES string of the molecule is COCCn1nc(C2CCCN(S(=O)(=O)c3c(C)cc(C)cc3C)C2)n(C2CC2)c1=O. The van der Waals surface area contributed by atoms with E-state index in [1.54, 1.807) is 16.0 Å². The van der Waals surface area contributed by atoms with Gasteiger partial charge in [0.25, 0.3) is 0 Å². The summed E-state index contributed by atoms with van der Waals surface area (Å²) in [4.78, 5) is 13.3. The molecule has 8 nitrogen and oxygen atoms in total. The highest BCUT2D eigenvalue weighted by atomic mass is 32.2. The van der Waals surface area contributed by atoms with E-state index in [9.17, 15) is 13.2 Å². The molecule has 1 atom stereocenters. The molecule has 9 heteroatoms. The van der Waals surface area contributed by atoms with E-state index in [2.05, 4.69) is 5.10 Å². The molecule has 4 rings (SSSR count). The second-order valence-electron chi connectivity index (χ2n) is 8.89. The lowest BCUT2D eigenvalue weighted by molar-refractivity contribution is 0.182. The third-order valence-corrected chi connectivity index (χ3v) is 8.44. The van der Waals surface area contributed by atoms with E-state index in [1.807, 2.05) is 32.9 Å². The van der Waals surface area contributed by atoms with Gasteiger partial charge in [0.1, 0.15) is 5.82 Å². The number of aryl methyl sites for hydroxylation is 3. The van der Waals surface area contributed by atoms with Crippen LogP contribution >= 0.6 is 0 Å². The van der Waals surface area contributed by atoms with Crippen molar-refractivity contribution in [2.75, 3.05) is 26.8 Å². The molecule has 2 heterocycles. The lowest BCUT2D eigenvalue weighted by Gasteiger charge is -2.32. The molecule has 2 aromatic rings. The number of aromatic nitrogens is 3. The topological polar surface area (TPSA) is 86.4 Å². The summed E-state index contributed by atoms with van der Waals surface area (Å²) in [5, 5.41) is 4.63. The Labute approximate surface area is 183 Å². The summed E-state index contributed by atoms with van der Waals surface area (Å²) in [5.41, 5.74) is 2.50. The van der Waals surface area contributed by atoms with E-state index in [1.165, 1.54) is 4.68 Å². The molecular formula is C22H32N4O4S. The van der Waals surface area contributed by atoms with Crippen LogP contribution in [-0.4, -0.2) is 53.9 Å². The van der Waals surface area contributed by atoms with Crippen molar-refractivity contribution in [1.29, 1.82) is 0 Å². The molecule has 1 saturated carbocycles. The molecule has 2 fully saturated rings. The normalized spacial score (nSPS) is 20.3. The summed E-state index contributed by atoms with van der Waals surface area (Å²) in [6, 6.07) is 4.03. The highest BCUT2D eigenvalue weighted by molar-refractivity contribution is 7.89. The molecular weight excluding hydrogens is 416 g/mol. The van der Waals surface area contributed by atoms with E-state index < -0.39 is 10.0 Å². The van der Waals surface area contributed by atoms with E-state index in [0.29, 0.717) is 31.1 Å². The van der Waals surface area contributed by atoms with Gasteiger partial charge in [0.2, 0.25) is 10.0 Å². The minimum Gasteiger partial charge on any atom is -0.383 e. The van der Waals surface area contributed by atoms with Crippen molar-refractivity contribution in [3.05, 3.63) is 45.1 Å². The summed E-state index contributed by atoms with van der Waals surface area (Å²) in [6.07, 6.45) is 3.52. The molecule has 0 bridgehead atoms. The maximum absolute atomic E-state index is 13.6. The zero-order valence-corrected chi connectivity index (χ0v) is 19.6. The summed E-state index contributed by atoms with van der Waals surface area (Å²) < 4.78 is 37.1. The largest absolute Gasteiger partial charge is 0.383 e. The average molecular weight is 449 g/mol. The van der Waals surface area contributed by atoms with Gasteiger partial charge < -0.3 is 4.74 Å². The van der Waals surface area contributed by atoms with Crippen molar-refractivity contribution in [2.45, 2.75) is 69.9 Å². The lowest BCUT2D eigenvalue weighted by Crippen LogP contribution is -2.40. The standard InChI is InChI=1S/C22H32N4O4S/c1-15-12-16(2)20(17(3)13-15)31(28,29)24-9-5-6-18(14-24)21-23-25(10-11-30-4)22(27)26(21)19-7-8-19/h12-13,18-19H,5-11,14H2,1-4H3. The summed E-state index contributed by atoms with van der Waals surface area (Å²) in [6.45, 7) is 7.35. The van der Waals surface area contributed by atoms with Crippen LogP contribution in [-0.2, 0) is 21.3 Å². The van der Waals surface area contributed by atoms with Crippen molar-refractivity contribution in [2.24, 2.45) is 0 Å². The zero-order chi connectivity index (χ0) is 22.3. The van der Waals surface area contributed by atoms with Crippen LogP contribution in [0.1, 0.15) is 60.2 Å². The van der Waals surface area contributed by atoms with Crippen LogP contribution in [0.25, 0.3) is 0 Å². The van der Waals surface area contributed by atoms with Crippen LogP contribution in [0.4, 0.5) is 0 Å². The molecule has 1 saturated heterocycles. The third-order valence-electron chi connectivity index (χ3n) is 6.27. The fourth-order valence-corrected chi connectivity index (χ4v) is 6.72. The van der Waals surface area contributed by atoms with E-state index in [0.717, 1.165) is 48.2 Å². The highest BCUT2D eigenvalue weighted by Gasteiger charge is 2.38. The number of piperidine rings is 1. The van der Waals surface area contributed by atoms with Gasteiger partial charge in [-0.15, -0.1) is 0 Å². The van der Waals surface area contributed by atoms with Crippen LogP contribution in [0.3, 0.4) is 0 Å². The van der Waals surface area contributed by atoms with Crippen molar-refractivity contribution in [1.82, 2.24) is 18.7 Å². The van der Waals surface area contributed by atoms with Gasteiger partial charge in [0, 0.05) is 32.2 Å². The fourth-order valence-electron chi connectivity index (χ4n) is 4.79. The van der Waals surface area contributed by atoms with Gasteiger partial charge in [-0.2, -0.15) is 9.40 Å². The van der Waals surface area contributed by atoms with Gasteiger partial charge >= 0.3 is 5.69 Å². The number of sulfonamides is 1. The van der Waals surface area contributed by atoms with Gasteiger partial charge in [0.15, 0.2) is 0 Å². The smallest absolute Gasteiger partial charge is 0.346 e. The average Bonchev–Trinajstić information content (AvgIpc) is 3.49. The predicted molar refractivity (Wildman–Crippen MR) is 118 cm³/mol. The summed E-state index contributed by atoms with van der Waals surface area (Å²) >= 11 is 0. The van der Waals surface area contributed by atoms with Gasteiger partial charge in [-0.3, -0.25) is 4.57 Å². The Kier molecular flexibility index (Phi) is 6.11. The minimum absolute atomic E-state index is 0.0910. The third kappa shape index (κ3) is 4.23. The molecule has 1 aromatic carbocycles. The lowest BCUT2D eigenvalue weighted by atomic mass is 9.99. The predicted octanol–water partition coefficient (Wildman–Crippen LogP) is 2.52. The van der Waals surface area contributed by atoms with Crippen molar-refractivity contribution in [3.8, 4) is 0 Å². The molecule has 1 aromatic heterocycles. The molecule has 0 spiro atoms. The first-order valence-corrected chi connectivity index (χ1v) is 12.4. The van der Waals surface area contributed by atoms with Crippen LogP contribution in [0.5, 0.6) is 0 Å². The zero-order valence-electron chi connectivity index (χ0n) is 18.8. The number of rotatable bonds is 7. The number of hydrogen-bond acceptors (Lipinski definition) is 5.